The van der Waals surface area contributed by atoms with Crippen LogP contribution in [0.3, 0.4) is 0 Å². The summed E-state index contributed by atoms with van der Waals surface area (Å²) in [6.07, 6.45) is 3.61. The van der Waals surface area contributed by atoms with E-state index >= 15 is 0 Å². The fraction of sp³-hybridized carbons (Fsp3) is 0. The maximum absolute atomic E-state index is 4.84. The van der Waals surface area contributed by atoms with Crippen molar-refractivity contribution in [3.05, 3.63) is 122 Å². The summed E-state index contributed by atoms with van der Waals surface area (Å²) in [6.45, 7) is 0. The fourth-order valence-corrected chi connectivity index (χ4v) is 6.31. The SMILES string of the molecule is c1ccc2cc(-c3ncnc4c3sc3ncc(-c5ccc(-c6ccc7ccccc7n6)cc5)cc34)ccc2c1. The Morgan fingerprint density at radius 1 is 0.538 bits per heavy atom. The monoisotopic (exact) mass is 516 g/mol. The van der Waals surface area contributed by atoms with Gasteiger partial charge in [0.15, 0.2) is 0 Å². The molecule has 182 valence electrons. The molecular weight excluding hydrogens is 496 g/mol. The Labute approximate surface area is 228 Å². The van der Waals surface area contributed by atoms with E-state index in [9.17, 15) is 0 Å². The van der Waals surface area contributed by atoms with E-state index in [0.717, 1.165) is 65.0 Å². The molecular formula is C34H20N4S. The molecule has 0 atom stereocenters. The Balaban J connectivity index is 1.19. The molecule has 0 spiro atoms. The molecule has 0 aliphatic carbocycles. The van der Waals surface area contributed by atoms with E-state index in [2.05, 4.69) is 101 Å². The fourth-order valence-electron chi connectivity index (χ4n) is 5.22. The first kappa shape index (κ1) is 22.0. The van der Waals surface area contributed by atoms with Crippen LogP contribution >= 0.6 is 11.3 Å². The zero-order chi connectivity index (χ0) is 25.8. The standard InChI is InChI=1S/C34H20N4S/c1-2-7-25-17-26(14-11-21(25)5-1)31-33-32(37-20-36-31)28-18-27(19-35-34(28)39-33)22-9-12-24(13-10-22)30-16-15-23-6-3-4-8-29(23)38-30/h1-20H. The van der Waals surface area contributed by atoms with Crippen LogP contribution in [-0.2, 0) is 0 Å². The van der Waals surface area contributed by atoms with Gasteiger partial charge in [0.2, 0.25) is 0 Å². The van der Waals surface area contributed by atoms with Crippen LogP contribution in [0.5, 0.6) is 0 Å². The number of benzene rings is 4. The van der Waals surface area contributed by atoms with Gasteiger partial charge in [0.05, 0.1) is 27.1 Å². The van der Waals surface area contributed by atoms with Crippen molar-refractivity contribution in [3.8, 4) is 33.6 Å². The molecule has 4 aromatic heterocycles. The van der Waals surface area contributed by atoms with Crippen molar-refractivity contribution in [1.82, 2.24) is 19.9 Å². The lowest BCUT2D eigenvalue weighted by Gasteiger charge is -2.06. The third-order valence-corrected chi connectivity index (χ3v) is 8.35. The second-order valence-corrected chi connectivity index (χ2v) is 10.6. The average Bonchev–Trinajstić information content (AvgIpc) is 3.39. The van der Waals surface area contributed by atoms with Gasteiger partial charge in [-0.25, -0.2) is 19.9 Å². The normalized spacial score (nSPS) is 11.6. The second-order valence-electron chi connectivity index (χ2n) is 9.61. The number of nitrogens with zero attached hydrogens (tertiary/aromatic N) is 4. The minimum Gasteiger partial charge on any atom is -0.248 e. The summed E-state index contributed by atoms with van der Waals surface area (Å²) in [7, 11) is 0. The van der Waals surface area contributed by atoms with Gasteiger partial charge in [0.1, 0.15) is 11.2 Å². The Bertz CT molecular complexity index is 2180. The number of aromatic nitrogens is 4. The van der Waals surface area contributed by atoms with Crippen molar-refractivity contribution in [2.75, 3.05) is 0 Å². The van der Waals surface area contributed by atoms with Gasteiger partial charge >= 0.3 is 0 Å². The highest BCUT2D eigenvalue weighted by atomic mass is 32.1. The molecule has 39 heavy (non-hydrogen) atoms. The molecule has 0 aliphatic rings. The minimum absolute atomic E-state index is 0.944. The summed E-state index contributed by atoms with van der Waals surface area (Å²) in [5.74, 6) is 0. The third kappa shape index (κ3) is 3.75. The van der Waals surface area contributed by atoms with Crippen molar-refractivity contribution in [2.45, 2.75) is 0 Å². The Hall–Kier alpha value is -5.00. The van der Waals surface area contributed by atoms with E-state index in [1.54, 1.807) is 17.7 Å². The third-order valence-electron chi connectivity index (χ3n) is 7.24. The Kier molecular flexibility index (Phi) is 4.96. The number of pyridine rings is 2. The zero-order valence-corrected chi connectivity index (χ0v) is 21.6. The first-order valence-corrected chi connectivity index (χ1v) is 13.6. The maximum atomic E-state index is 4.84. The molecule has 0 fully saturated rings. The predicted octanol–water partition coefficient (Wildman–Crippen LogP) is 8.94. The minimum atomic E-state index is 0.944. The lowest BCUT2D eigenvalue weighted by Crippen LogP contribution is -1.87. The molecule has 0 N–H and O–H groups in total. The van der Waals surface area contributed by atoms with Gasteiger partial charge < -0.3 is 0 Å². The molecule has 0 aliphatic heterocycles. The second kappa shape index (κ2) is 8.79. The number of para-hydroxylation sites is 1. The van der Waals surface area contributed by atoms with Crippen LogP contribution in [0, 0.1) is 0 Å². The molecule has 4 nitrogen and oxygen atoms in total. The van der Waals surface area contributed by atoms with Crippen molar-refractivity contribution in [3.63, 3.8) is 0 Å². The quantitative estimate of drug-likeness (QED) is 0.235. The van der Waals surface area contributed by atoms with E-state index in [4.69, 9.17) is 9.97 Å². The molecule has 5 heteroatoms. The molecule has 0 saturated heterocycles. The Morgan fingerprint density at radius 3 is 2.18 bits per heavy atom. The molecule has 0 radical (unpaired) electrons. The molecule has 4 aromatic carbocycles. The van der Waals surface area contributed by atoms with Gasteiger partial charge in [0, 0.05) is 33.7 Å². The lowest BCUT2D eigenvalue weighted by atomic mass is 10.0. The molecule has 0 amide bonds. The highest BCUT2D eigenvalue weighted by Gasteiger charge is 2.15. The van der Waals surface area contributed by atoms with Gasteiger partial charge in [-0.3, -0.25) is 0 Å². The largest absolute Gasteiger partial charge is 0.248 e. The first-order chi connectivity index (χ1) is 19.3. The number of thiophene rings is 1. The van der Waals surface area contributed by atoms with Gasteiger partial charge in [-0.15, -0.1) is 11.3 Å². The maximum Gasteiger partial charge on any atom is 0.126 e. The molecule has 0 bridgehead atoms. The van der Waals surface area contributed by atoms with Crippen LogP contribution in [0.25, 0.3) is 75.8 Å². The summed E-state index contributed by atoms with van der Waals surface area (Å²) < 4.78 is 1.06. The van der Waals surface area contributed by atoms with Crippen LogP contribution in [-0.4, -0.2) is 19.9 Å². The van der Waals surface area contributed by atoms with E-state index < -0.39 is 0 Å². The van der Waals surface area contributed by atoms with Crippen LogP contribution in [0.2, 0.25) is 0 Å². The van der Waals surface area contributed by atoms with Crippen molar-refractivity contribution in [1.29, 1.82) is 0 Å². The number of fused-ring (bicyclic) bond motifs is 5. The number of hydrogen-bond donors (Lipinski definition) is 0. The van der Waals surface area contributed by atoms with Crippen LogP contribution in [0.15, 0.2) is 122 Å². The summed E-state index contributed by atoms with van der Waals surface area (Å²) in [5.41, 5.74) is 8.21. The highest BCUT2D eigenvalue weighted by molar-refractivity contribution is 7.25. The van der Waals surface area contributed by atoms with E-state index in [-0.39, 0.29) is 0 Å². The van der Waals surface area contributed by atoms with Crippen LogP contribution in [0.4, 0.5) is 0 Å². The summed E-state index contributed by atoms with van der Waals surface area (Å²) in [5, 5.41) is 4.62. The van der Waals surface area contributed by atoms with Gasteiger partial charge in [-0.2, -0.15) is 0 Å². The number of hydrogen-bond acceptors (Lipinski definition) is 5. The number of rotatable bonds is 3. The molecule has 8 aromatic rings. The van der Waals surface area contributed by atoms with Gasteiger partial charge in [-0.1, -0.05) is 84.9 Å². The van der Waals surface area contributed by atoms with Crippen molar-refractivity contribution >= 4 is 53.4 Å². The van der Waals surface area contributed by atoms with Crippen molar-refractivity contribution in [2.24, 2.45) is 0 Å². The molecule has 0 saturated carbocycles. The summed E-state index contributed by atoms with van der Waals surface area (Å²) >= 11 is 1.65. The van der Waals surface area contributed by atoms with E-state index in [1.807, 2.05) is 24.4 Å². The zero-order valence-electron chi connectivity index (χ0n) is 20.7. The summed E-state index contributed by atoms with van der Waals surface area (Å²) in [4.78, 5) is 20.0. The van der Waals surface area contributed by atoms with Crippen LogP contribution < -0.4 is 0 Å². The lowest BCUT2D eigenvalue weighted by molar-refractivity contribution is 1.24. The topological polar surface area (TPSA) is 51.6 Å². The Morgan fingerprint density at radius 2 is 1.28 bits per heavy atom. The molecule has 8 rings (SSSR count). The average molecular weight is 517 g/mol. The van der Waals surface area contributed by atoms with Gasteiger partial charge in [0.25, 0.3) is 0 Å². The highest BCUT2D eigenvalue weighted by Crippen LogP contribution is 2.39. The smallest absolute Gasteiger partial charge is 0.126 e. The van der Waals surface area contributed by atoms with E-state index in [1.165, 1.54) is 10.8 Å². The van der Waals surface area contributed by atoms with Crippen LogP contribution in [0.1, 0.15) is 0 Å². The molecule has 4 heterocycles. The first-order valence-electron chi connectivity index (χ1n) is 12.8. The molecule has 0 unspecified atom stereocenters. The predicted molar refractivity (Wildman–Crippen MR) is 162 cm³/mol. The summed E-state index contributed by atoms with van der Waals surface area (Å²) in [6, 6.07) is 38.0. The van der Waals surface area contributed by atoms with Crippen molar-refractivity contribution < 1.29 is 0 Å². The van der Waals surface area contributed by atoms with E-state index in [0.29, 0.717) is 0 Å². The van der Waals surface area contributed by atoms with Gasteiger partial charge in [-0.05, 0) is 40.6 Å².